The van der Waals surface area contributed by atoms with Crippen LogP contribution >= 0.6 is 0 Å². The van der Waals surface area contributed by atoms with E-state index in [9.17, 15) is 14.4 Å². The fraction of sp³-hybridized carbons (Fsp3) is 0. The third-order valence-electron chi connectivity index (χ3n) is 2.56. The molecule has 0 bridgehead atoms. The third-order valence-corrected chi connectivity index (χ3v) is 2.56. The molecule has 1 aromatic carbocycles. The summed E-state index contributed by atoms with van der Waals surface area (Å²) < 4.78 is 0. The Hall–Kier alpha value is -3.29. The Bertz CT molecular complexity index is 683. The van der Waals surface area contributed by atoms with Crippen LogP contribution in [0.2, 0.25) is 0 Å². The monoisotopic (exact) mass is 285 g/mol. The normalized spacial score (nSPS) is 9.90. The van der Waals surface area contributed by atoms with Gasteiger partial charge >= 0.3 is 0 Å². The molecule has 0 aliphatic heterocycles. The van der Waals surface area contributed by atoms with Gasteiger partial charge in [0.2, 0.25) is 11.8 Å². The van der Waals surface area contributed by atoms with E-state index in [0.29, 0.717) is 0 Å². The first-order chi connectivity index (χ1) is 9.97. The Balaban J connectivity index is 2.33. The van der Waals surface area contributed by atoms with E-state index >= 15 is 0 Å². The molecule has 3 amide bonds. The van der Waals surface area contributed by atoms with Gasteiger partial charge in [0, 0.05) is 29.2 Å². The maximum Gasteiger partial charge on any atom is 0.275 e. The summed E-state index contributed by atoms with van der Waals surface area (Å²) in [7, 11) is 0. The second-order valence-electron chi connectivity index (χ2n) is 4.07. The minimum absolute atomic E-state index is 0.0562. The lowest BCUT2D eigenvalue weighted by atomic mass is 10.1. The zero-order valence-corrected chi connectivity index (χ0v) is 10.7. The molecule has 0 unspecified atom stereocenters. The molecule has 21 heavy (non-hydrogen) atoms. The van der Waals surface area contributed by atoms with E-state index in [-0.39, 0.29) is 22.5 Å². The predicted molar refractivity (Wildman–Crippen MR) is 73.5 cm³/mol. The number of nitrogens with one attached hydrogen (secondary N) is 1. The summed E-state index contributed by atoms with van der Waals surface area (Å²) in [6.07, 6.45) is 4.07. The van der Waals surface area contributed by atoms with Crippen molar-refractivity contribution in [2.75, 3.05) is 5.32 Å². The number of carbonyl (C=O) groups is 3. The van der Waals surface area contributed by atoms with Crippen LogP contribution in [-0.4, -0.2) is 27.7 Å². The van der Waals surface area contributed by atoms with E-state index in [1.807, 2.05) is 0 Å². The minimum atomic E-state index is -0.742. The number of anilines is 1. The lowest BCUT2D eigenvalue weighted by Crippen LogP contribution is -2.18. The Morgan fingerprint density at radius 2 is 1.57 bits per heavy atom. The highest BCUT2D eigenvalue weighted by atomic mass is 16.2. The number of carbonyl (C=O) groups excluding carboxylic acids is 3. The van der Waals surface area contributed by atoms with E-state index in [1.165, 1.54) is 36.8 Å². The Labute approximate surface area is 119 Å². The first-order valence-electron chi connectivity index (χ1n) is 5.79. The van der Waals surface area contributed by atoms with E-state index in [2.05, 4.69) is 15.3 Å². The Kier molecular flexibility index (Phi) is 3.89. The van der Waals surface area contributed by atoms with Crippen molar-refractivity contribution in [1.82, 2.24) is 9.97 Å². The average molecular weight is 285 g/mol. The van der Waals surface area contributed by atoms with Crippen molar-refractivity contribution >= 4 is 23.4 Å². The molecule has 0 saturated heterocycles. The van der Waals surface area contributed by atoms with Crippen LogP contribution in [0.15, 0.2) is 36.8 Å². The van der Waals surface area contributed by atoms with Crippen molar-refractivity contribution in [3.8, 4) is 0 Å². The number of hydrogen-bond donors (Lipinski definition) is 3. The lowest BCUT2D eigenvalue weighted by molar-refractivity contribution is 0.0993. The summed E-state index contributed by atoms with van der Waals surface area (Å²) in [4.78, 5) is 42.0. The second-order valence-corrected chi connectivity index (χ2v) is 4.07. The molecule has 5 N–H and O–H groups in total. The van der Waals surface area contributed by atoms with Gasteiger partial charge in [-0.1, -0.05) is 0 Å². The standard InChI is InChI=1S/C13H11N5O3/c14-11(19)7-3-8(12(15)20)5-9(4-7)18-13(21)10-6-16-1-2-17-10/h1-6H,(H2,14,19)(H2,15,20)(H,18,21). The summed E-state index contributed by atoms with van der Waals surface area (Å²) in [5, 5.41) is 2.49. The predicted octanol–water partition coefficient (Wildman–Crippen LogP) is -0.0733. The largest absolute Gasteiger partial charge is 0.366 e. The molecule has 0 fully saturated rings. The molecular weight excluding hydrogens is 274 g/mol. The maximum atomic E-state index is 11.9. The van der Waals surface area contributed by atoms with Gasteiger partial charge < -0.3 is 16.8 Å². The summed E-state index contributed by atoms with van der Waals surface area (Å²) in [5.41, 5.74) is 10.7. The number of amides is 3. The second kappa shape index (κ2) is 5.78. The van der Waals surface area contributed by atoms with Gasteiger partial charge in [0.15, 0.2) is 0 Å². The Morgan fingerprint density at radius 3 is 2.05 bits per heavy atom. The topological polar surface area (TPSA) is 141 Å². The van der Waals surface area contributed by atoms with Gasteiger partial charge in [0.25, 0.3) is 5.91 Å². The molecular formula is C13H11N5O3. The van der Waals surface area contributed by atoms with Gasteiger partial charge in [-0.2, -0.15) is 0 Å². The quantitative estimate of drug-likeness (QED) is 0.720. The van der Waals surface area contributed by atoms with Crippen molar-refractivity contribution in [2.45, 2.75) is 0 Å². The fourth-order valence-corrected chi connectivity index (χ4v) is 1.60. The van der Waals surface area contributed by atoms with Crippen LogP contribution in [-0.2, 0) is 0 Å². The zero-order chi connectivity index (χ0) is 15.4. The van der Waals surface area contributed by atoms with Gasteiger partial charge in [0.05, 0.1) is 6.20 Å². The number of nitrogens with zero attached hydrogens (tertiary/aromatic N) is 2. The van der Waals surface area contributed by atoms with Crippen LogP contribution < -0.4 is 16.8 Å². The van der Waals surface area contributed by atoms with Gasteiger partial charge in [-0.3, -0.25) is 19.4 Å². The van der Waals surface area contributed by atoms with Crippen molar-refractivity contribution in [3.63, 3.8) is 0 Å². The third kappa shape index (κ3) is 3.38. The highest BCUT2D eigenvalue weighted by Gasteiger charge is 2.12. The van der Waals surface area contributed by atoms with Crippen molar-refractivity contribution in [2.24, 2.45) is 11.5 Å². The van der Waals surface area contributed by atoms with Crippen LogP contribution in [0.1, 0.15) is 31.2 Å². The fourth-order valence-electron chi connectivity index (χ4n) is 1.60. The molecule has 0 radical (unpaired) electrons. The summed E-state index contributed by atoms with van der Waals surface area (Å²) >= 11 is 0. The summed E-state index contributed by atoms with van der Waals surface area (Å²) in [5.74, 6) is -2.03. The van der Waals surface area contributed by atoms with E-state index in [0.717, 1.165) is 0 Å². The smallest absolute Gasteiger partial charge is 0.275 e. The van der Waals surface area contributed by atoms with Crippen LogP contribution in [0.25, 0.3) is 0 Å². The Morgan fingerprint density at radius 1 is 0.952 bits per heavy atom. The SMILES string of the molecule is NC(=O)c1cc(NC(=O)c2cnccn2)cc(C(N)=O)c1. The van der Waals surface area contributed by atoms with Crippen molar-refractivity contribution < 1.29 is 14.4 Å². The van der Waals surface area contributed by atoms with Gasteiger partial charge in [0.1, 0.15) is 5.69 Å². The minimum Gasteiger partial charge on any atom is -0.366 e. The molecule has 1 aromatic heterocycles. The highest BCUT2D eigenvalue weighted by molar-refractivity contribution is 6.05. The van der Waals surface area contributed by atoms with E-state index < -0.39 is 17.7 Å². The average Bonchev–Trinajstić information content (AvgIpc) is 2.47. The molecule has 8 heteroatoms. The first kappa shape index (κ1) is 14.1. The van der Waals surface area contributed by atoms with Gasteiger partial charge in [-0.25, -0.2) is 4.98 Å². The van der Waals surface area contributed by atoms with E-state index in [4.69, 9.17) is 11.5 Å². The molecule has 0 spiro atoms. The molecule has 106 valence electrons. The molecule has 0 atom stereocenters. The number of hydrogen-bond acceptors (Lipinski definition) is 5. The summed E-state index contributed by atoms with van der Waals surface area (Å²) in [6.45, 7) is 0. The van der Waals surface area contributed by atoms with Crippen molar-refractivity contribution in [1.29, 1.82) is 0 Å². The maximum absolute atomic E-state index is 11.9. The number of nitrogens with two attached hydrogens (primary N) is 2. The number of aromatic nitrogens is 2. The van der Waals surface area contributed by atoms with Crippen LogP contribution in [0.3, 0.4) is 0 Å². The van der Waals surface area contributed by atoms with Crippen LogP contribution in [0.5, 0.6) is 0 Å². The molecule has 0 aliphatic rings. The highest BCUT2D eigenvalue weighted by Crippen LogP contribution is 2.15. The summed E-state index contributed by atoms with van der Waals surface area (Å²) in [6, 6.07) is 3.93. The zero-order valence-electron chi connectivity index (χ0n) is 10.7. The van der Waals surface area contributed by atoms with Gasteiger partial charge in [-0.05, 0) is 18.2 Å². The molecule has 1 heterocycles. The first-order valence-corrected chi connectivity index (χ1v) is 5.79. The molecule has 2 aromatic rings. The number of rotatable bonds is 4. The van der Waals surface area contributed by atoms with Crippen LogP contribution in [0, 0.1) is 0 Å². The van der Waals surface area contributed by atoms with E-state index in [1.54, 1.807) is 0 Å². The van der Waals surface area contributed by atoms with Crippen molar-refractivity contribution in [3.05, 3.63) is 53.6 Å². The molecule has 8 nitrogen and oxygen atoms in total. The number of primary amides is 2. The van der Waals surface area contributed by atoms with Gasteiger partial charge in [-0.15, -0.1) is 0 Å². The molecule has 0 saturated carbocycles. The number of benzene rings is 1. The molecule has 2 rings (SSSR count). The lowest BCUT2D eigenvalue weighted by Gasteiger charge is -2.07. The van der Waals surface area contributed by atoms with Crippen LogP contribution in [0.4, 0.5) is 5.69 Å². The molecule has 0 aliphatic carbocycles.